The second-order valence-corrected chi connectivity index (χ2v) is 10.6. The van der Waals surface area contributed by atoms with E-state index in [0.29, 0.717) is 12.8 Å². The van der Waals surface area contributed by atoms with E-state index in [0.717, 1.165) is 12.8 Å². The van der Waals surface area contributed by atoms with E-state index >= 15 is 0 Å². The van der Waals surface area contributed by atoms with Crippen LogP contribution < -0.4 is 0 Å². The summed E-state index contributed by atoms with van der Waals surface area (Å²) in [6.07, 6.45) is 0.319. The number of fused-ring (bicyclic) bond motifs is 2. The predicted octanol–water partition coefficient (Wildman–Crippen LogP) is 4.32. The maximum Gasteiger partial charge on any atom is 0.342 e. The second-order valence-electron chi connectivity index (χ2n) is 8.66. The number of hydrogen-bond donors (Lipinski definition) is 0. The first-order valence-corrected chi connectivity index (χ1v) is 13.5. The number of cyclic esters (lactones) is 2. The van der Waals surface area contributed by atoms with Crippen LogP contribution in [-0.4, -0.2) is 32.3 Å². The third kappa shape index (κ3) is 5.36. The molecule has 0 bridgehead atoms. The van der Waals surface area contributed by atoms with Crippen molar-refractivity contribution in [3.63, 3.8) is 0 Å². The van der Waals surface area contributed by atoms with Gasteiger partial charge >= 0.3 is 23.9 Å². The fourth-order valence-electron chi connectivity index (χ4n) is 3.94. The van der Waals surface area contributed by atoms with E-state index in [-0.39, 0.29) is 44.9 Å². The molecular weight excluding hydrogens is 504 g/mol. The Morgan fingerprint density at radius 3 is 1.54 bits per heavy atom. The summed E-state index contributed by atoms with van der Waals surface area (Å²) in [5.74, 6) is -2.59. The summed E-state index contributed by atoms with van der Waals surface area (Å²) >= 11 is 0. The van der Waals surface area contributed by atoms with Crippen LogP contribution in [0, 0.1) is 0 Å². The standard InChI is InChI=1S/C26H26O10S/c1-3-5-7-21(27)33-25-19-13-15(9-11-17(19)23(29)35-25)37(31,32)16-10-12-18-20(14-16)26(36-24(18)30)34-22(28)8-6-4-2/h9-14,25-26H,3-8H2,1-2H3. The molecule has 11 heteroatoms. The minimum absolute atomic E-state index is 0.0965. The Hall–Kier alpha value is -3.73. The van der Waals surface area contributed by atoms with Crippen LogP contribution in [0.25, 0.3) is 0 Å². The van der Waals surface area contributed by atoms with Gasteiger partial charge in [-0.3, -0.25) is 9.59 Å². The van der Waals surface area contributed by atoms with E-state index in [1.54, 1.807) is 0 Å². The van der Waals surface area contributed by atoms with Crippen molar-refractivity contribution in [1.82, 2.24) is 0 Å². The zero-order chi connectivity index (χ0) is 26.7. The molecule has 2 aromatic carbocycles. The maximum atomic E-state index is 13.5. The topological polar surface area (TPSA) is 139 Å². The molecule has 0 spiro atoms. The third-order valence-corrected chi connectivity index (χ3v) is 7.74. The monoisotopic (exact) mass is 530 g/mol. The Labute approximate surface area is 213 Å². The fourth-order valence-corrected chi connectivity index (χ4v) is 5.27. The van der Waals surface area contributed by atoms with Gasteiger partial charge in [0.1, 0.15) is 0 Å². The lowest BCUT2D eigenvalue weighted by Gasteiger charge is -2.14. The molecule has 0 radical (unpaired) electrons. The van der Waals surface area contributed by atoms with Crippen molar-refractivity contribution in [2.45, 2.75) is 74.7 Å². The van der Waals surface area contributed by atoms with Crippen molar-refractivity contribution >= 4 is 33.7 Å². The van der Waals surface area contributed by atoms with Gasteiger partial charge in [-0.2, -0.15) is 0 Å². The molecule has 0 saturated carbocycles. The molecule has 10 nitrogen and oxygen atoms in total. The van der Waals surface area contributed by atoms with Crippen LogP contribution in [0.5, 0.6) is 0 Å². The van der Waals surface area contributed by atoms with Crippen LogP contribution in [0.1, 0.15) is 96.8 Å². The molecule has 2 aromatic rings. The predicted molar refractivity (Wildman–Crippen MR) is 126 cm³/mol. The van der Waals surface area contributed by atoms with Crippen molar-refractivity contribution in [1.29, 1.82) is 0 Å². The van der Waals surface area contributed by atoms with Crippen LogP contribution >= 0.6 is 0 Å². The highest BCUT2D eigenvalue weighted by Crippen LogP contribution is 2.37. The quantitative estimate of drug-likeness (QED) is 0.408. The Morgan fingerprint density at radius 2 is 1.16 bits per heavy atom. The average molecular weight is 531 g/mol. The number of carbonyl (C=O) groups is 4. The Morgan fingerprint density at radius 1 is 0.757 bits per heavy atom. The van der Waals surface area contributed by atoms with Crippen molar-refractivity contribution in [2.75, 3.05) is 0 Å². The lowest BCUT2D eigenvalue weighted by atomic mass is 10.1. The highest BCUT2D eigenvalue weighted by molar-refractivity contribution is 7.91. The normalized spacial score (nSPS) is 18.0. The first kappa shape index (κ1) is 26.3. The van der Waals surface area contributed by atoms with Crippen molar-refractivity contribution in [3.8, 4) is 0 Å². The number of hydrogen-bond acceptors (Lipinski definition) is 10. The molecule has 0 N–H and O–H groups in total. The summed E-state index contributed by atoms with van der Waals surface area (Å²) in [5, 5.41) is 0. The number of esters is 4. The molecule has 196 valence electrons. The molecule has 0 amide bonds. The van der Waals surface area contributed by atoms with Crippen LogP contribution in [-0.2, 0) is 38.4 Å². The third-order valence-electron chi connectivity index (χ3n) is 5.99. The summed E-state index contributed by atoms with van der Waals surface area (Å²) in [4.78, 5) is 48.2. The van der Waals surface area contributed by atoms with E-state index in [1.165, 1.54) is 36.4 Å². The Balaban J connectivity index is 1.62. The molecule has 37 heavy (non-hydrogen) atoms. The van der Waals surface area contributed by atoms with Crippen LogP contribution in [0.4, 0.5) is 0 Å². The number of rotatable bonds is 10. The molecule has 0 aliphatic carbocycles. The smallest absolute Gasteiger partial charge is 0.342 e. The summed E-state index contributed by atoms with van der Waals surface area (Å²) in [7, 11) is -4.16. The van der Waals surface area contributed by atoms with Gasteiger partial charge in [-0.1, -0.05) is 26.7 Å². The minimum Gasteiger partial charge on any atom is -0.421 e. The van der Waals surface area contributed by atoms with Crippen molar-refractivity contribution < 1.29 is 46.5 Å². The van der Waals surface area contributed by atoms with Crippen LogP contribution in [0.15, 0.2) is 46.2 Å². The molecule has 0 fully saturated rings. The Bertz CT molecular complexity index is 1260. The molecule has 2 aliphatic rings. The van der Waals surface area contributed by atoms with Gasteiger partial charge in [0.25, 0.3) is 12.6 Å². The van der Waals surface area contributed by atoms with Gasteiger partial charge in [0.2, 0.25) is 9.84 Å². The van der Waals surface area contributed by atoms with E-state index < -0.39 is 46.3 Å². The molecule has 0 aromatic heterocycles. The number of unbranched alkanes of at least 4 members (excludes halogenated alkanes) is 2. The van der Waals surface area contributed by atoms with E-state index in [2.05, 4.69) is 0 Å². The number of benzene rings is 2. The maximum absolute atomic E-state index is 13.5. The molecule has 2 atom stereocenters. The number of ether oxygens (including phenoxy) is 4. The van der Waals surface area contributed by atoms with Crippen LogP contribution in [0.3, 0.4) is 0 Å². The van der Waals surface area contributed by atoms with E-state index in [4.69, 9.17) is 18.9 Å². The van der Waals surface area contributed by atoms with Gasteiger partial charge in [-0.25, -0.2) is 18.0 Å². The SMILES string of the molecule is CCCCC(=O)OC1OC(=O)c2ccc(S(=O)(=O)c3ccc4c(c3)C(OC(=O)CCCC)OC4=O)cc21. The average Bonchev–Trinajstić information content (AvgIpc) is 3.36. The second kappa shape index (κ2) is 10.7. The number of carbonyl (C=O) groups excluding carboxylic acids is 4. The van der Waals surface area contributed by atoms with Gasteiger partial charge in [-0.05, 0) is 49.2 Å². The summed E-state index contributed by atoms with van der Waals surface area (Å²) in [6.45, 7) is 3.82. The van der Waals surface area contributed by atoms with Gasteiger partial charge < -0.3 is 18.9 Å². The van der Waals surface area contributed by atoms with Gasteiger partial charge in [0, 0.05) is 24.0 Å². The zero-order valence-electron chi connectivity index (χ0n) is 20.4. The Kier molecular flexibility index (Phi) is 7.63. The molecule has 2 unspecified atom stereocenters. The first-order chi connectivity index (χ1) is 17.6. The molecule has 2 aliphatic heterocycles. The zero-order valence-corrected chi connectivity index (χ0v) is 21.2. The lowest BCUT2D eigenvalue weighted by molar-refractivity contribution is -0.169. The van der Waals surface area contributed by atoms with Crippen molar-refractivity contribution in [2.24, 2.45) is 0 Å². The largest absolute Gasteiger partial charge is 0.421 e. The summed E-state index contributed by atoms with van der Waals surface area (Å²) in [5.41, 5.74) is 0.440. The summed E-state index contributed by atoms with van der Waals surface area (Å²) < 4.78 is 47.7. The van der Waals surface area contributed by atoms with Crippen molar-refractivity contribution in [3.05, 3.63) is 58.7 Å². The van der Waals surface area contributed by atoms with Gasteiger partial charge in [0.05, 0.1) is 20.9 Å². The molecule has 0 saturated heterocycles. The van der Waals surface area contributed by atoms with E-state index in [1.807, 2.05) is 13.8 Å². The fraction of sp³-hybridized carbons (Fsp3) is 0.385. The molecule has 2 heterocycles. The van der Waals surface area contributed by atoms with E-state index in [9.17, 15) is 27.6 Å². The van der Waals surface area contributed by atoms with Gasteiger partial charge in [0.15, 0.2) is 0 Å². The minimum atomic E-state index is -4.16. The summed E-state index contributed by atoms with van der Waals surface area (Å²) in [6, 6.07) is 7.53. The number of sulfone groups is 1. The highest BCUT2D eigenvalue weighted by atomic mass is 32.2. The van der Waals surface area contributed by atoms with Gasteiger partial charge in [-0.15, -0.1) is 0 Å². The molecular formula is C26H26O10S. The van der Waals surface area contributed by atoms with Crippen LogP contribution in [0.2, 0.25) is 0 Å². The molecule has 4 rings (SSSR count). The highest BCUT2D eigenvalue weighted by Gasteiger charge is 2.37. The first-order valence-electron chi connectivity index (χ1n) is 12.0. The lowest BCUT2D eigenvalue weighted by Crippen LogP contribution is -2.12.